The zero-order valence-electron chi connectivity index (χ0n) is 17.5. The van der Waals surface area contributed by atoms with Gasteiger partial charge in [0.05, 0.1) is 48.6 Å². The second-order valence-corrected chi connectivity index (χ2v) is 14.4. The molecule has 0 amide bonds. The molecule has 0 atom stereocenters. The minimum Gasteiger partial charge on any atom is -0.488 e. The highest BCUT2D eigenvalue weighted by Gasteiger charge is 2.20. The molecule has 0 aromatic heterocycles. The summed E-state index contributed by atoms with van der Waals surface area (Å²) in [7, 11) is 0. The first-order valence-electron chi connectivity index (χ1n) is 9.48. The molecule has 0 saturated heterocycles. The fraction of sp³-hybridized carbons (Fsp3) is 0.300. The van der Waals surface area contributed by atoms with Crippen molar-refractivity contribution in [2.75, 3.05) is 26.4 Å². The maximum absolute atomic E-state index is 12.0. The Hall–Kier alpha value is 1.78. The number of ether oxygens (including phenoxy) is 4. The lowest BCUT2D eigenvalue weighted by Gasteiger charge is -2.15. The van der Waals surface area contributed by atoms with E-state index in [0.717, 1.165) is 26.8 Å². The van der Waals surface area contributed by atoms with Crippen molar-refractivity contribution in [3.63, 3.8) is 0 Å². The number of carbonyl (C=O) groups excluding carboxylic acids is 2. The van der Waals surface area contributed by atoms with Crippen LogP contribution in [0, 0.1) is 0 Å². The zero-order valence-corrected chi connectivity index (χ0v) is 33.3. The minimum absolute atomic E-state index is 0.0218. The monoisotopic (exact) mass is 1140 g/mol. The Morgan fingerprint density at radius 1 is 0.417 bits per heavy atom. The van der Waals surface area contributed by atoms with Crippen LogP contribution in [0.4, 0.5) is 0 Å². The van der Waals surface area contributed by atoms with Crippen molar-refractivity contribution < 1.29 is 28.5 Å². The highest BCUT2D eigenvalue weighted by atomic mass is 79.9. The number of esters is 2. The zero-order chi connectivity index (χ0) is 27.2. The van der Waals surface area contributed by atoms with Gasteiger partial charge in [-0.3, -0.25) is 9.59 Å². The molecule has 0 N–H and O–H groups in total. The summed E-state index contributed by atoms with van der Waals surface area (Å²) in [5, 5.41) is 0. The van der Waals surface area contributed by atoms with Crippen LogP contribution in [0.2, 0.25) is 0 Å². The number of carbonyl (C=O) groups is 2. The molecule has 198 valence electrons. The fourth-order valence-electron chi connectivity index (χ4n) is 2.37. The summed E-state index contributed by atoms with van der Waals surface area (Å²) in [5.41, 5.74) is 0. The van der Waals surface area contributed by atoms with Crippen molar-refractivity contribution in [3.8, 4) is 11.5 Å². The first-order valence-corrected chi connectivity index (χ1v) is 17.4. The molecule has 0 aliphatic carbocycles. The smallest absolute Gasteiger partial charge is 0.306 e. The van der Waals surface area contributed by atoms with Crippen LogP contribution in [0.1, 0.15) is 12.8 Å². The van der Waals surface area contributed by atoms with E-state index in [9.17, 15) is 9.59 Å². The molecule has 0 saturated carbocycles. The summed E-state index contributed by atoms with van der Waals surface area (Å²) in [6.45, 7) is 0.291. The Morgan fingerprint density at radius 3 is 0.944 bits per heavy atom. The molecule has 0 unspecified atom stereocenters. The van der Waals surface area contributed by atoms with Gasteiger partial charge in [-0.1, -0.05) is 0 Å². The second kappa shape index (κ2) is 16.3. The van der Waals surface area contributed by atoms with Gasteiger partial charge in [0.25, 0.3) is 0 Å². The molecule has 0 bridgehead atoms. The van der Waals surface area contributed by atoms with E-state index >= 15 is 0 Å². The Bertz CT molecular complexity index is 1010. The number of halogens is 10. The lowest BCUT2D eigenvalue weighted by Crippen LogP contribution is -2.16. The van der Waals surface area contributed by atoms with Gasteiger partial charge >= 0.3 is 11.9 Å². The standard InChI is InChI=1S/C20H12Br10O6/c21-9-11(23)15(27)19(16(28)12(9)24)35-5-3-33-7(31)1-2-8(32)34-4-6-36-20-17(29)13(25)10(22)14(26)18(20)30/h1-6H2. The topological polar surface area (TPSA) is 71.1 Å². The molecule has 2 aromatic carbocycles. The van der Waals surface area contributed by atoms with Crippen LogP contribution in [0.15, 0.2) is 44.7 Å². The number of benzene rings is 2. The molecule has 2 aromatic rings. The quantitative estimate of drug-likeness (QED) is 0.0967. The second-order valence-electron chi connectivity index (χ2n) is 6.44. The van der Waals surface area contributed by atoms with Crippen LogP contribution in [0.3, 0.4) is 0 Å². The highest BCUT2D eigenvalue weighted by Crippen LogP contribution is 2.49. The Balaban J connectivity index is 1.69. The summed E-state index contributed by atoms with van der Waals surface area (Å²) in [4.78, 5) is 23.9. The molecule has 0 aliphatic rings. The van der Waals surface area contributed by atoms with Gasteiger partial charge in [-0.2, -0.15) is 0 Å². The van der Waals surface area contributed by atoms with Crippen molar-refractivity contribution in [2.45, 2.75) is 12.8 Å². The average Bonchev–Trinajstić information content (AvgIpc) is 2.86. The van der Waals surface area contributed by atoms with E-state index in [-0.39, 0.29) is 39.3 Å². The van der Waals surface area contributed by atoms with Gasteiger partial charge in [0.2, 0.25) is 0 Å². The first kappa shape index (κ1) is 34.0. The normalized spacial score (nSPS) is 10.8. The number of hydrogen-bond acceptors (Lipinski definition) is 6. The van der Waals surface area contributed by atoms with Gasteiger partial charge in [0, 0.05) is 8.95 Å². The van der Waals surface area contributed by atoms with Crippen molar-refractivity contribution in [3.05, 3.63) is 44.7 Å². The SMILES string of the molecule is O=C(CCC(=O)OCCOc1c(Br)c(Br)c(Br)c(Br)c1Br)OCCOc1c(Br)c(Br)c(Br)c(Br)c1Br. The maximum atomic E-state index is 12.0. The van der Waals surface area contributed by atoms with E-state index in [2.05, 4.69) is 159 Å². The lowest BCUT2D eigenvalue weighted by atomic mass is 10.3. The molecule has 0 aliphatic heterocycles. The largest absolute Gasteiger partial charge is 0.488 e. The molecule has 0 radical (unpaired) electrons. The predicted molar refractivity (Wildman–Crippen MR) is 172 cm³/mol. The minimum atomic E-state index is -0.527. The Morgan fingerprint density at radius 2 is 0.667 bits per heavy atom. The maximum Gasteiger partial charge on any atom is 0.306 e. The third-order valence-corrected chi connectivity index (χ3v) is 16.1. The molecule has 0 heterocycles. The van der Waals surface area contributed by atoms with Crippen molar-refractivity contribution in [1.82, 2.24) is 0 Å². The average molecular weight is 1150 g/mol. The molecule has 16 heteroatoms. The van der Waals surface area contributed by atoms with E-state index in [4.69, 9.17) is 18.9 Å². The van der Waals surface area contributed by atoms with Gasteiger partial charge < -0.3 is 18.9 Å². The Labute approximate surface area is 291 Å². The summed E-state index contributed by atoms with van der Waals surface area (Å²) < 4.78 is 29.2. The van der Waals surface area contributed by atoms with Gasteiger partial charge in [-0.05, 0) is 159 Å². The first-order chi connectivity index (χ1) is 16.9. The van der Waals surface area contributed by atoms with Gasteiger partial charge in [0.15, 0.2) is 0 Å². The lowest BCUT2D eigenvalue weighted by molar-refractivity contribution is -0.151. The molecular formula is C20H12Br10O6. The van der Waals surface area contributed by atoms with Crippen LogP contribution in [-0.2, 0) is 19.1 Å². The summed E-state index contributed by atoms with van der Waals surface area (Å²) in [6.07, 6.45) is -0.210. The molecule has 6 nitrogen and oxygen atoms in total. The van der Waals surface area contributed by atoms with Crippen molar-refractivity contribution in [1.29, 1.82) is 0 Å². The summed E-state index contributed by atoms with van der Waals surface area (Å²) >= 11 is 34.6. The Kier molecular flexibility index (Phi) is 15.4. The number of hydrogen-bond donors (Lipinski definition) is 0. The molecule has 0 spiro atoms. The van der Waals surface area contributed by atoms with Gasteiger partial charge in [-0.15, -0.1) is 0 Å². The van der Waals surface area contributed by atoms with E-state index in [1.807, 2.05) is 0 Å². The highest BCUT2D eigenvalue weighted by molar-refractivity contribution is 9.16. The van der Waals surface area contributed by atoms with Crippen molar-refractivity contribution >= 4 is 171 Å². The third kappa shape index (κ3) is 9.15. The van der Waals surface area contributed by atoms with Crippen LogP contribution in [0.25, 0.3) is 0 Å². The third-order valence-electron chi connectivity index (χ3n) is 4.06. The van der Waals surface area contributed by atoms with Gasteiger partial charge in [0.1, 0.15) is 37.9 Å². The fourth-order valence-corrected chi connectivity index (χ4v) is 8.85. The van der Waals surface area contributed by atoms with Crippen LogP contribution < -0.4 is 9.47 Å². The summed E-state index contributed by atoms with van der Waals surface area (Å²) in [6, 6.07) is 0. The van der Waals surface area contributed by atoms with Crippen molar-refractivity contribution in [2.24, 2.45) is 0 Å². The summed E-state index contributed by atoms with van der Waals surface area (Å²) in [5.74, 6) is 0.0301. The van der Waals surface area contributed by atoms with E-state index in [1.165, 1.54) is 0 Å². The predicted octanol–water partition coefficient (Wildman–Crippen LogP) is 10.6. The molecule has 0 fully saturated rings. The van der Waals surface area contributed by atoms with E-state index in [1.54, 1.807) is 0 Å². The molecular weight excluding hydrogens is 1140 g/mol. The molecule has 36 heavy (non-hydrogen) atoms. The van der Waals surface area contributed by atoms with Gasteiger partial charge in [-0.25, -0.2) is 0 Å². The number of rotatable bonds is 11. The van der Waals surface area contributed by atoms with Crippen LogP contribution in [0.5, 0.6) is 11.5 Å². The van der Waals surface area contributed by atoms with E-state index in [0.29, 0.717) is 29.4 Å². The van der Waals surface area contributed by atoms with Crippen LogP contribution in [-0.4, -0.2) is 38.4 Å². The molecule has 2 rings (SSSR count). The van der Waals surface area contributed by atoms with Crippen LogP contribution >= 0.6 is 159 Å². The van der Waals surface area contributed by atoms with E-state index < -0.39 is 11.9 Å².